The summed E-state index contributed by atoms with van der Waals surface area (Å²) in [5.41, 5.74) is 3.30. The van der Waals surface area contributed by atoms with Gasteiger partial charge in [0.2, 0.25) is 0 Å². The molecule has 0 N–H and O–H groups in total. The molecule has 3 heteroatoms. The second-order valence-corrected chi connectivity index (χ2v) is 17.8. The molecule has 0 amide bonds. The van der Waals surface area contributed by atoms with Gasteiger partial charge in [-0.2, -0.15) is 0 Å². The average molecular weight is 433 g/mol. The molecule has 0 saturated heterocycles. The lowest BCUT2D eigenvalue weighted by Gasteiger charge is -2.58. The van der Waals surface area contributed by atoms with Crippen LogP contribution >= 0.6 is 0 Å². The van der Waals surface area contributed by atoms with E-state index in [1.54, 1.807) is 12.5 Å². The van der Waals surface area contributed by atoms with E-state index in [9.17, 15) is 4.39 Å². The van der Waals surface area contributed by atoms with Crippen molar-refractivity contribution < 1.29 is 8.82 Å². The van der Waals surface area contributed by atoms with Gasteiger partial charge in [0.1, 0.15) is 0 Å². The van der Waals surface area contributed by atoms with Crippen molar-refractivity contribution in [2.24, 2.45) is 28.6 Å². The minimum absolute atomic E-state index is 0.111. The summed E-state index contributed by atoms with van der Waals surface area (Å²) < 4.78 is 21.2. The first-order valence-corrected chi connectivity index (χ1v) is 15.4. The van der Waals surface area contributed by atoms with E-state index >= 15 is 0 Å². The van der Waals surface area contributed by atoms with Gasteiger partial charge in [-0.25, -0.2) is 4.39 Å². The van der Waals surface area contributed by atoms with E-state index in [0.29, 0.717) is 17.4 Å². The van der Waals surface area contributed by atoms with Gasteiger partial charge in [-0.15, -0.1) is 0 Å². The third-order valence-corrected chi connectivity index (χ3v) is 15.1. The Hall–Kier alpha value is -0.413. The van der Waals surface area contributed by atoms with E-state index in [0.717, 1.165) is 30.3 Å². The molecule has 4 aliphatic rings. The Balaban J connectivity index is 1.55. The van der Waals surface area contributed by atoms with Crippen molar-refractivity contribution in [3.63, 3.8) is 0 Å². The Morgan fingerprint density at radius 2 is 1.70 bits per heavy atom. The molecule has 6 atom stereocenters. The summed E-state index contributed by atoms with van der Waals surface area (Å²) in [5.74, 6) is 2.31. The summed E-state index contributed by atoms with van der Waals surface area (Å²) in [6.45, 7) is 18.5. The highest BCUT2D eigenvalue weighted by atomic mass is 28.4. The van der Waals surface area contributed by atoms with Crippen molar-refractivity contribution in [1.29, 1.82) is 0 Å². The normalized spacial score (nSPS) is 43.4. The maximum absolute atomic E-state index is 14.3. The fourth-order valence-corrected chi connectivity index (χ4v) is 9.09. The first-order chi connectivity index (χ1) is 13.8. The molecule has 0 spiro atoms. The first kappa shape index (κ1) is 22.8. The maximum atomic E-state index is 14.3. The lowest BCUT2D eigenvalue weighted by Crippen LogP contribution is -2.51. The van der Waals surface area contributed by atoms with Crippen LogP contribution in [0, 0.1) is 28.6 Å². The molecule has 4 aliphatic carbocycles. The zero-order valence-corrected chi connectivity index (χ0v) is 21.8. The molecular weight excluding hydrogens is 387 g/mol. The van der Waals surface area contributed by atoms with E-state index in [4.69, 9.17) is 4.43 Å². The minimum atomic E-state index is -1.72. The molecule has 0 aliphatic heterocycles. The summed E-state index contributed by atoms with van der Waals surface area (Å²) >= 11 is 0. The molecular formula is C27H45FOSi. The van der Waals surface area contributed by atoms with Gasteiger partial charge in [-0.1, -0.05) is 46.3 Å². The fraction of sp³-hybridized carbons (Fsp3) is 0.852. The molecule has 0 aromatic heterocycles. The maximum Gasteiger partial charge on any atom is 0.192 e. The molecule has 0 bridgehead atoms. The number of hydrogen-bond acceptors (Lipinski definition) is 1. The molecule has 3 saturated carbocycles. The van der Waals surface area contributed by atoms with Crippen LogP contribution in [0.4, 0.5) is 4.39 Å². The highest BCUT2D eigenvalue weighted by Crippen LogP contribution is 2.66. The van der Waals surface area contributed by atoms with Gasteiger partial charge in [0, 0.05) is 6.10 Å². The van der Waals surface area contributed by atoms with Crippen molar-refractivity contribution >= 4 is 8.32 Å². The van der Waals surface area contributed by atoms with Crippen LogP contribution in [0.25, 0.3) is 0 Å². The molecule has 30 heavy (non-hydrogen) atoms. The standard InChI is InChI=1S/C27H45FOSi/c1-18(28)22-11-12-23-21-10-9-19-17-20(29-30(7,8)25(2,3)4)13-15-26(19,5)24(21)14-16-27(22,23)6/h9,20-21,23-24H,10-17H2,1-8H3/b22-18+/t20-,21?,23?,24?,26-,27+/m0/s1. The van der Waals surface area contributed by atoms with Crippen LogP contribution in [-0.2, 0) is 4.43 Å². The van der Waals surface area contributed by atoms with Crippen molar-refractivity contribution in [2.75, 3.05) is 0 Å². The van der Waals surface area contributed by atoms with Crippen molar-refractivity contribution in [3.05, 3.63) is 23.0 Å². The topological polar surface area (TPSA) is 9.23 Å². The monoisotopic (exact) mass is 432 g/mol. The van der Waals surface area contributed by atoms with Gasteiger partial charge in [0.05, 0.1) is 5.83 Å². The predicted octanol–water partition coefficient (Wildman–Crippen LogP) is 8.58. The van der Waals surface area contributed by atoms with E-state index in [-0.39, 0.29) is 16.3 Å². The van der Waals surface area contributed by atoms with Crippen LogP contribution in [0.1, 0.15) is 92.9 Å². The summed E-state index contributed by atoms with van der Waals surface area (Å²) in [6.07, 6.45) is 12.5. The summed E-state index contributed by atoms with van der Waals surface area (Å²) in [7, 11) is -1.72. The van der Waals surface area contributed by atoms with E-state index in [2.05, 4.69) is 53.8 Å². The van der Waals surface area contributed by atoms with E-state index < -0.39 is 8.32 Å². The van der Waals surface area contributed by atoms with Gasteiger partial charge in [0.15, 0.2) is 8.32 Å². The molecule has 3 unspecified atom stereocenters. The lowest BCUT2D eigenvalue weighted by molar-refractivity contribution is -0.0259. The van der Waals surface area contributed by atoms with Crippen molar-refractivity contribution in [2.45, 2.75) is 117 Å². The van der Waals surface area contributed by atoms with E-state index in [1.807, 2.05) is 0 Å². The first-order valence-electron chi connectivity index (χ1n) is 12.5. The molecule has 0 radical (unpaired) electrons. The Morgan fingerprint density at radius 3 is 2.33 bits per heavy atom. The van der Waals surface area contributed by atoms with Gasteiger partial charge >= 0.3 is 0 Å². The largest absolute Gasteiger partial charge is 0.414 e. The number of hydrogen-bond donors (Lipinski definition) is 0. The van der Waals surface area contributed by atoms with Crippen LogP contribution in [0.5, 0.6) is 0 Å². The van der Waals surface area contributed by atoms with Gasteiger partial charge in [-0.05, 0) is 111 Å². The Bertz CT molecular complexity index is 755. The van der Waals surface area contributed by atoms with Crippen LogP contribution in [0.3, 0.4) is 0 Å². The molecule has 0 heterocycles. The fourth-order valence-electron chi connectivity index (χ4n) is 7.70. The number of rotatable bonds is 2. The van der Waals surface area contributed by atoms with Gasteiger partial charge in [-0.3, -0.25) is 0 Å². The highest BCUT2D eigenvalue weighted by molar-refractivity contribution is 6.74. The Labute approximate surface area is 186 Å². The number of fused-ring (bicyclic) bond motifs is 5. The zero-order chi connectivity index (χ0) is 22.1. The molecule has 0 aromatic rings. The van der Waals surface area contributed by atoms with Crippen LogP contribution in [0.2, 0.25) is 18.1 Å². The third kappa shape index (κ3) is 3.41. The molecule has 170 valence electrons. The Kier molecular flexibility index (Phi) is 5.54. The zero-order valence-electron chi connectivity index (χ0n) is 20.8. The van der Waals surface area contributed by atoms with Gasteiger partial charge < -0.3 is 4.43 Å². The third-order valence-electron chi connectivity index (χ3n) is 10.5. The van der Waals surface area contributed by atoms with Crippen molar-refractivity contribution in [1.82, 2.24) is 0 Å². The van der Waals surface area contributed by atoms with E-state index in [1.165, 1.54) is 38.5 Å². The van der Waals surface area contributed by atoms with Crippen molar-refractivity contribution in [3.8, 4) is 0 Å². The van der Waals surface area contributed by atoms with Crippen LogP contribution < -0.4 is 0 Å². The van der Waals surface area contributed by atoms with Crippen LogP contribution in [0.15, 0.2) is 23.0 Å². The summed E-state index contributed by atoms with van der Waals surface area (Å²) in [6, 6.07) is 0. The number of allylic oxidation sites excluding steroid dienone is 3. The van der Waals surface area contributed by atoms with Gasteiger partial charge in [0.25, 0.3) is 0 Å². The molecule has 0 aromatic carbocycles. The molecule has 1 nitrogen and oxygen atoms in total. The highest BCUT2D eigenvalue weighted by Gasteiger charge is 2.58. The lowest BCUT2D eigenvalue weighted by atomic mass is 9.48. The molecule has 3 fully saturated rings. The summed E-state index contributed by atoms with van der Waals surface area (Å²) in [4.78, 5) is 0. The molecule has 4 rings (SSSR count). The summed E-state index contributed by atoms with van der Waals surface area (Å²) in [5, 5.41) is 0.274. The number of halogens is 1. The quantitative estimate of drug-likeness (QED) is 0.313. The average Bonchev–Trinajstić information content (AvgIpc) is 2.98. The smallest absolute Gasteiger partial charge is 0.192 e. The second-order valence-electron chi connectivity index (χ2n) is 13.0. The second kappa shape index (κ2) is 7.30. The minimum Gasteiger partial charge on any atom is -0.414 e. The Morgan fingerprint density at radius 1 is 1.07 bits per heavy atom. The SMILES string of the molecule is C/C(F)=C1/CCC2C3CC=C4C[C@@H](O[Si](C)(C)C(C)(C)C)CC[C@]4(C)C3CC[C@]12C. The van der Waals surface area contributed by atoms with Crippen LogP contribution in [-0.4, -0.2) is 14.4 Å². The predicted molar refractivity (Wildman–Crippen MR) is 128 cm³/mol.